The Balaban J connectivity index is 2.59. The van der Waals surface area contributed by atoms with E-state index in [4.69, 9.17) is 14.3 Å². The third-order valence-corrected chi connectivity index (χ3v) is 2.81. The fourth-order valence-electron chi connectivity index (χ4n) is 1.79. The van der Waals surface area contributed by atoms with Crippen molar-refractivity contribution in [2.75, 3.05) is 6.61 Å². The minimum atomic E-state index is -0.695. The van der Waals surface area contributed by atoms with Crippen LogP contribution in [0.1, 0.15) is 37.7 Å². The van der Waals surface area contributed by atoms with Crippen molar-refractivity contribution < 1.29 is 23.8 Å². The molecule has 2 N–H and O–H groups in total. The number of amides is 1. The van der Waals surface area contributed by atoms with E-state index in [2.05, 4.69) is 5.32 Å². The Morgan fingerprint density at radius 2 is 2.10 bits per heavy atom. The summed E-state index contributed by atoms with van der Waals surface area (Å²) in [5.74, 6) is -2.03. The van der Waals surface area contributed by atoms with Gasteiger partial charge in [0.1, 0.15) is 6.26 Å². The van der Waals surface area contributed by atoms with Gasteiger partial charge in [0.05, 0.1) is 12.5 Å². The van der Waals surface area contributed by atoms with Crippen LogP contribution in [0.25, 0.3) is 0 Å². The summed E-state index contributed by atoms with van der Waals surface area (Å²) in [4.78, 5) is 34.6. The molecule has 0 saturated heterocycles. The van der Waals surface area contributed by atoms with Crippen LogP contribution in [0.3, 0.4) is 0 Å². The smallest absolute Gasteiger partial charge is 0.308 e. The lowest BCUT2D eigenvalue weighted by Crippen LogP contribution is -2.35. The van der Waals surface area contributed by atoms with Crippen LogP contribution in [0.4, 0.5) is 0 Å². The van der Waals surface area contributed by atoms with Gasteiger partial charge in [0.25, 0.3) is 5.91 Å². The van der Waals surface area contributed by atoms with Crippen LogP contribution in [0.2, 0.25) is 0 Å². The van der Waals surface area contributed by atoms with E-state index in [9.17, 15) is 14.4 Å². The van der Waals surface area contributed by atoms with Crippen molar-refractivity contribution in [2.24, 2.45) is 5.92 Å². The van der Waals surface area contributed by atoms with Gasteiger partial charge >= 0.3 is 5.97 Å². The quantitative estimate of drug-likeness (QED) is 0.760. The van der Waals surface area contributed by atoms with Crippen LogP contribution in [0.15, 0.2) is 21.5 Å². The van der Waals surface area contributed by atoms with E-state index in [0.717, 1.165) is 12.3 Å². The molecule has 1 heterocycles. The van der Waals surface area contributed by atoms with Crippen LogP contribution >= 0.6 is 0 Å². The summed E-state index contributed by atoms with van der Waals surface area (Å²) >= 11 is 0. The SMILES string of the molecule is CCOC(=O)C(C)CC(C)NC(=O)c1cc(=O)c(O)co1. The Hall–Kier alpha value is -2.31. The van der Waals surface area contributed by atoms with Gasteiger partial charge in [-0.05, 0) is 20.3 Å². The molecule has 1 aromatic rings. The molecule has 0 spiro atoms. The number of carbonyl (C=O) groups excluding carboxylic acids is 2. The van der Waals surface area contributed by atoms with Crippen molar-refractivity contribution in [3.63, 3.8) is 0 Å². The molecule has 0 radical (unpaired) electrons. The number of esters is 1. The largest absolute Gasteiger partial charge is 0.502 e. The van der Waals surface area contributed by atoms with Gasteiger partial charge in [-0.15, -0.1) is 0 Å². The van der Waals surface area contributed by atoms with E-state index in [0.29, 0.717) is 13.0 Å². The first-order chi connectivity index (χ1) is 9.85. The molecule has 2 unspecified atom stereocenters. The average molecular weight is 297 g/mol. The van der Waals surface area contributed by atoms with E-state index in [-0.39, 0.29) is 23.7 Å². The molecule has 2 atom stereocenters. The number of rotatable bonds is 6. The Labute approximate surface area is 121 Å². The lowest BCUT2D eigenvalue weighted by Gasteiger charge is -2.17. The molecule has 0 aliphatic carbocycles. The summed E-state index contributed by atoms with van der Waals surface area (Å²) in [7, 11) is 0. The molecular formula is C14H19NO6. The molecule has 1 rings (SSSR count). The molecule has 116 valence electrons. The lowest BCUT2D eigenvalue weighted by atomic mass is 10.0. The topological polar surface area (TPSA) is 106 Å². The van der Waals surface area contributed by atoms with E-state index in [1.54, 1.807) is 20.8 Å². The fourth-order valence-corrected chi connectivity index (χ4v) is 1.79. The maximum Gasteiger partial charge on any atom is 0.308 e. The minimum absolute atomic E-state index is 0.201. The van der Waals surface area contributed by atoms with Crippen LogP contribution in [-0.4, -0.2) is 29.6 Å². The Morgan fingerprint density at radius 3 is 2.67 bits per heavy atom. The summed E-state index contributed by atoms with van der Waals surface area (Å²) in [5, 5.41) is 11.7. The lowest BCUT2D eigenvalue weighted by molar-refractivity contribution is -0.147. The zero-order valence-corrected chi connectivity index (χ0v) is 12.2. The highest BCUT2D eigenvalue weighted by Crippen LogP contribution is 2.09. The number of hydrogen-bond donors (Lipinski definition) is 2. The second-order valence-corrected chi connectivity index (χ2v) is 4.76. The standard InChI is InChI=1S/C14H19NO6/c1-4-20-14(19)8(2)5-9(3)15-13(18)12-6-10(16)11(17)7-21-12/h6-9,17H,4-5H2,1-3H3,(H,15,18). The van der Waals surface area contributed by atoms with Gasteiger partial charge in [-0.2, -0.15) is 0 Å². The van der Waals surface area contributed by atoms with Gasteiger partial charge in [0.15, 0.2) is 11.5 Å². The number of nitrogens with one attached hydrogen (secondary N) is 1. The van der Waals surface area contributed by atoms with Crippen LogP contribution in [-0.2, 0) is 9.53 Å². The predicted molar refractivity (Wildman–Crippen MR) is 74.0 cm³/mol. The molecule has 0 bridgehead atoms. The van der Waals surface area contributed by atoms with E-state index in [1.807, 2.05) is 0 Å². The average Bonchev–Trinajstić information content (AvgIpc) is 2.41. The van der Waals surface area contributed by atoms with Gasteiger partial charge in [0.2, 0.25) is 5.43 Å². The Kier molecular flexibility index (Phi) is 5.95. The van der Waals surface area contributed by atoms with Crippen molar-refractivity contribution in [1.29, 1.82) is 0 Å². The molecule has 7 heteroatoms. The third kappa shape index (κ3) is 4.94. The first kappa shape index (κ1) is 16.7. The first-order valence-corrected chi connectivity index (χ1v) is 6.64. The normalized spacial score (nSPS) is 13.3. The van der Waals surface area contributed by atoms with Gasteiger partial charge < -0.3 is 19.6 Å². The molecule has 0 fully saturated rings. The van der Waals surface area contributed by atoms with E-state index < -0.39 is 17.1 Å². The zero-order chi connectivity index (χ0) is 16.0. The second-order valence-electron chi connectivity index (χ2n) is 4.76. The van der Waals surface area contributed by atoms with E-state index >= 15 is 0 Å². The number of carbonyl (C=O) groups is 2. The van der Waals surface area contributed by atoms with Gasteiger partial charge in [0, 0.05) is 12.1 Å². The van der Waals surface area contributed by atoms with Crippen LogP contribution in [0, 0.1) is 5.92 Å². The summed E-state index contributed by atoms with van der Waals surface area (Å²) < 4.78 is 9.72. The molecule has 1 aromatic heterocycles. The van der Waals surface area contributed by atoms with E-state index in [1.165, 1.54) is 0 Å². The van der Waals surface area contributed by atoms with Crippen molar-refractivity contribution in [3.8, 4) is 5.75 Å². The van der Waals surface area contributed by atoms with Crippen molar-refractivity contribution in [2.45, 2.75) is 33.2 Å². The highest BCUT2D eigenvalue weighted by atomic mass is 16.5. The summed E-state index contributed by atoms with van der Waals surface area (Å²) in [6.07, 6.45) is 1.20. The predicted octanol–water partition coefficient (Wildman–Crippen LogP) is 1.05. The maximum absolute atomic E-state index is 11.9. The summed E-state index contributed by atoms with van der Waals surface area (Å²) in [6.45, 7) is 5.47. The number of aromatic hydroxyl groups is 1. The molecule has 1 amide bonds. The molecule has 0 aromatic carbocycles. The monoisotopic (exact) mass is 297 g/mol. The minimum Gasteiger partial charge on any atom is -0.502 e. The van der Waals surface area contributed by atoms with Gasteiger partial charge in [-0.3, -0.25) is 14.4 Å². The van der Waals surface area contributed by atoms with Crippen molar-refractivity contribution in [1.82, 2.24) is 5.32 Å². The summed E-state index contributed by atoms with van der Waals surface area (Å²) in [5.41, 5.74) is -0.695. The number of ether oxygens (including phenoxy) is 1. The molecule has 0 saturated carbocycles. The van der Waals surface area contributed by atoms with Crippen LogP contribution in [0.5, 0.6) is 5.75 Å². The van der Waals surface area contributed by atoms with Crippen LogP contribution < -0.4 is 10.7 Å². The highest BCUT2D eigenvalue weighted by molar-refractivity contribution is 5.91. The first-order valence-electron chi connectivity index (χ1n) is 6.64. The Morgan fingerprint density at radius 1 is 1.43 bits per heavy atom. The second kappa shape index (κ2) is 7.47. The zero-order valence-electron chi connectivity index (χ0n) is 12.2. The molecule has 0 aliphatic rings. The van der Waals surface area contributed by atoms with Crippen molar-refractivity contribution >= 4 is 11.9 Å². The highest BCUT2D eigenvalue weighted by Gasteiger charge is 2.20. The van der Waals surface area contributed by atoms with Crippen molar-refractivity contribution in [3.05, 3.63) is 28.3 Å². The number of hydrogen-bond acceptors (Lipinski definition) is 6. The molecule has 0 aliphatic heterocycles. The van der Waals surface area contributed by atoms with Gasteiger partial charge in [-0.25, -0.2) is 0 Å². The third-order valence-electron chi connectivity index (χ3n) is 2.81. The molecule has 21 heavy (non-hydrogen) atoms. The molecule has 7 nitrogen and oxygen atoms in total. The Bertz CT molecular complexity index is 565. The molecular weight excluding hydrogens is 278 g/mol. The summed E-state index contributed by atoms with van der Waals surface area (Å²) in [6, 6.07) is 0.600. The fraction of sp³-hybridized carbons (Fsp3) is 0.500. The van der Waals surface area contributed by atoms with Gasteiger partial charge in [-0.1, -0.05) is 6.92 Å². The maximum atomic E-state index is 11.9.